The first-order chi connectivity index (χ1) is 9.67. The molecule has 1 aromatic carbocycles. The van der Waals surface area contributed by atoms with Crippen LogP contribution in [0.3, 0.4) is 0 Å². The fourth-order valence-electron chi connectivity index (χ4n) is 2.68. The van der Waals surface area contributed by atoms with Crippen molar-refractivity contribution in [2.45, 2.75) is 32.4 Å². The number of ketones is 1. The summed E-state index contributed by atoms with van der Waals surface area (Å²) in [4.78, 5) is 14.8. The summed E-state index contributed by atoms with van der Waals surface area (Å²) in [5, 5.41) is 0. The maximum atomic E-state index is 12.6. The van der Waals surface area contributed by atoms with Crippen LogP contribution in [0.4, 0.5) is 0 Å². The second-order valence-electron chi connectivity index (χ2n) is 5.14. The number of hydrogen-bond acceptors (Lipinski definition) is 4. The molecule has 0 aliphatic carbocycles. The van der Waals surface area contributed by atoms with Gasteiger partial charge in [-0.2, -0.15) is 0 Å². The zero-order chi connectivity index (χ0) is 14.5. The van der Waals surface area contributed by atoms with Crippen molar-refractivity contribution in [1.29, 1.82) is 0 Å². The van der Waals surface area contributed by atoms with Gasteiger partial charge in [-0.1, -0.05) is 6.92 Å². The van der Waals surface area contributed by atoms with Crippen molar-refractivity contribution < 1.29 is 14.3 Å². The van der Waals surface area contributed by atoms with E-state index in [0.29, 0.717) is 12.6 Å². The van der Waals surface area contributed by atoms with Crippen LogP contribution in [0.1, 0.15) is 30.6 Å². The van der Waals surface area contributed by atoms with Gasteiger partial charge in [-0.15, -0.1) is 0 Å². The molecule has 2 atom stereocenters. The van der Waals surface area contributed by atoms with E-state index >= 15 is 0 Å². The molecule has 2 rings (SSSR count). The third kappa shape index (κ3) is 3.19. The molecule has 110 valence electrons. The number of benzene rings is 1. The lowest BCUT2D eigenvalue weighted by molar-refractivity contribution is -0.0220. The van der Waals surface area contributed by atoms with Crippen molar-refractivity contribution in [3.05, 3.63) is 29.8 Å². The molecule has 0 aromatic heterocycles. The first-order valence-electron chi connectivity index (χ1n) is 7.19. The van der Waals surface area contributed by atoms with Gasteiger partial charge in [-0.3, -0.25) is 9.69 Å². The number of Topliss-reactive ketones (excluding diaryl/α,β-unsaturated/α-hetero) is 1. The van der Waals surface area contributed by atoms with Gasteiger partial charge in [0.1, 0.15) is 5.75 Å². The fourth-order valence-corrected chi connectivity index (χ4v) is 2.68. The molecule has 4 nitrogen and oxygen atoms in total. The predicted octanol–water partition coefficient (Wildman–Crippen LogP) is 2.38. The van der Waals surface area contributed by atoms with Crippen molar-refractivity contribution in [3.8, 4) is 5.75 Å². The number of nitrogens with zero attached hydrogens (tertiary/aromatic N) is 1. The lowest BCUT2D eigenvalue weighted by atomic mass is 10.0. The summed E-state index contributed by atoms with van der Waals surface area (Å²) in [7, 11) is 1.62. The Morgan fingerprint density at radius 1 is 1.45 bits per heavy atom. The monoisotopic (exact) mass is 277 g/mol. The van der Waals surface area contributed by atoms with E-state index < -0.39 is 0 Å². The molecule has 1 fully saturated rings. The van der Waals surface area contributed by atoms with E-state index in [1.807, 2.05) is 31.2 Å². The molecule has 1 aromatic rings. The highest BCUT2D eigenvalue weighted by Crippen LogP contribution is 2.19. The zero-order valence-corrected chi connectivity index (χ0v) is 12.5. The maximum Gasteiger partial charge on any atom is 0.179 e. The lowest BCUT2D eigenvalue weighted by Crippen LogP contribution is -2.52. The molecule has 0 N–H and O–H groups in total. The van der Waals surface area contributed by atoms with Gasteiger partial charge in [0.2, 0.25) is 0 Å². The number of morpholine rings is 1. The van der Waals surface area contributed by atoms with Crippen LogP contribution in [0, 0.1) is 0 Å². The minimum atomic E-state index is -0.114. The molecule has 2 unspecified atom stereocenters. The SMILES string of the molecule is CCC1COCCN1C(C)C(=O)c1ccc(OC)cc1. The summed E-state index contributed by atoms with van der Waals surface area (Å²) in [6.07, 6.45) is 1.00. The van der Waals surface area contributed by atoms with Gasteiger partial charge in [0.15, 0.2) is 5.78 Å². The van der Waals surface area contributed by atoms with Crippen LogP contribution in [0.2, 0.25) is 0 Å². The Labute approximate surface area is 120 Å². The molecule has 1 aliphatic heterocycles. The third-order valence-corrected chi connectivity index (χ3v) is 4.00. The molecule has 1 aliphatic rings. The van der Waals surface area contributed by atoms with Crippen LogP contribution in [0.5, 0.6) is 5.75 Å². The number of rotatable bonds is 5. The number of hydrogen-bond donors (Lipinski definition) is 0. The summed E-state index contributed by atoms with van der Waals surface area (Å²) in [5.74, 6) is 0.931. The molecule has 1 heterocycles. The number of methoxy groups -OCH3 is 1. The molecule has 0 bridgehead atoms. The molecule has 0 saturated carbocycles. The summed E-state index contributed by atoms with van der Waals surface area (Å²) < 4.78 is 10.6. The number of carbonyl (C=O) groups excluding carboxylic acids is 1. The van der Waals surface area contributed by atoms with E-state index in [1.165, 1.54) is 0 Å². The Balaban J connectivity index is 2.10. The van der Waals surface area contributed by atoms with Crippen molar-refractivity contribution in [2.75, 3.05) is 26.9 Å². The second-order valence-corrected chi connectivity index (χ2v) is 5.14. The predicted molar refractivity (Wildman–Crippen MR) is 78.4 cm³/mol. The summed E-state index contributed by atoms with van der Waals surface area (Å²) in [6, 6.07) is 7.55. The normalized spacial score (nSPS) is 21.4. The topological polar surface area (TPSA) is 38.8 Å². The van der Waals surface area contributed by atoms with Gasteiger partial charge in [-0.05, 0) is 37.6 Å². The Morgan fingerprint density at radius 3 is 2.75 bits per heavy atom. The van der Waals surface area contributed by atoms with Crippen molar-refractivity contribution in [3.63, 3.8) is 0 Å². The van der Waals surface area contributed by atoms with E-state index in [1.54, 1.807) is 7.11 Å². The molecule has 20 heavy (non-hydrogen) atoms. The van der Waals surface area contributed by atoms with Crippen LogP contribution in [0.25, 0.3) is 0 Å². The molecule has 0 amide bonds. The summed E-state index contributed by atoms with van der Waals surface area (Å²) >= 11 is 0. The number of ether oxygens (including phenoxy) is 2. The fraction of sp³-hybridized carbons (Fsp3) is 0.562. The third-order valence-electron chi connectivity index (χ3n) is 4.00. The van der Waals surface area contributed by atoms with Crippen LogP contribution >= 0.6 is 0 Å². The van der Waals surface area contributed by atoms with Gasteiger partial charge in [0.05, 0.1) is 26.4 Å². The molecular formula is C16H23NO3. The van der Waals surface area contributed by atoms with E-state index in [9.17, 15) is 4.79 Å². The molecule has 4 heteroatoms. The maximum absolute atomic E-state index is 12.6. The minimum Gasteiger partial charge on any atom is -0.497 e. The smallest absolute Gasteiger partial charge is 0.179 e. The zero-order valence-electron chi connectivity index (χ0n) is 12.5. The first kappa shape index (κ1) is 15.0. The van der Waals surface area contributed by atoms with Gasteiger partial charge < -0.3 is 9.47 Å². The van der Waals surface area contributed by atoms with Gasteiger partial charge in [0, 0.05) is 18.2 Å². The Bertz CT molecular complexity index is 444. The molecule has 0 radical (unpaired) electrons. The van der Waals surface area contributed by atoms with Crippen LogP contribution in [-0.2, 0) is 4.74 Å². The van der Waals surface area contributed by atoms with E-state index in [0.717, 1.165) is 30.9 Å². The van der Waals surface area contributed by atoms with E-state index in [4.69, 9.17) is 9.47 Å². The molecule has 1 saturated heterocycles. The Hall–Kier alpha value is -1.39. The van der Waals surface area contributed by atoms with Crippen molar-refractivity contribution >= 4 is 5.78 Å². The largest absolute Gasteiger partial charge is 0.497 e. The number of carbonyl (C=O) groups is 1. The minimum absolute atomic E-state index is 0.114. The Kier molecular flexibility index (Phi) is 5.15. The van der Waals surface area contributed by atoms with Crippen molar-refractivity contribution in [2.24, 2.45) is 0 Å². The standard InChI is InChI=1S/C16H23NO3/c1-4-14-11-20-10-9-17(14)12(2)16(18)13-5-7-15(19-3)8-6-13/h5-8,12,14H,4,9-11H2,1-3H3. The van der Waals surface area contributed by atoms with Gasteiger partial charge in [0.25, 0.3) is 0 Å². The quantitative estimate of drug-likeness (QED) is 0.775. The van der Waals surface area contributed by atoms with E-state index in [-0.39, 0.29) is 11.8 Å². The Morgan fingerprint density at radius 2 is 2.15 bits per heavy atom. The van der Waals surface area contributed by atoms with Gasteiger partial charge in [-0.25, -0.2) is 0 Å². The molecular weight excluding hydrogens is 254 g/mol. The summed E-state index contributed by atoms with van der Waals surface area (Å²) in [5.41, 5.74) is 0.736. The lowest BCUT2D eigenvalue weighted by Gasteiger charge is -2.38. The van der Waals surface area contributed by atoms with Crippen molar-refractivity contribution in [1.82, 2.24) is 4.90 Å². The average molecular weight is 277 g/mol. The van der Waals surface area contributed by atoms with Crippen LogP contribution in [0.15, 0.2) is 24.3 Å². The highest BCUT2D eigenvalue weighted by molar-refractivity contribution is 6.00. The molecule has 0 spiro atoms. The second kappa shape index (κ2) is 6.86. The van der Waals surface area contributed by atoms with Gasteiger partial charge >= 0.3 is 0 Å². The highest BCUT2D eigenvalue weighted by Gasteiger charge is 2.30. The first-order valence-corrected chi connectivity index (χ1v) is 7.19. The highest BCUT2D eigenvalue weighted by atomic mass is 16.5. The average Bonchev–Trinajstić information content (AvgIpc) is 2.53. The van der Waals surface area contributed by atoms with Crippen LogP contribution < -0.4 is 4.74 Å². The van der Waals surface area contributed by atoms with Crippen LogP contribution in [-0.4, -0.2) is 49.6 Å². The summed E-state index contributed by atoms with van der Waals surface area (Å²) in [6.45, 7) is 6.37. The van der Waals surface area contributed by atoms with E-state index in [2.05, 4.69) is 11.8 Å².